The molecule has 0 saturated heterocycles. The van der Waals surface area contributed by atoms with Crippen LogP contribution < -0.4 is 20.5 Å². The molecule has 1 fully saturated rings. The van der Waals surface area contributed by atoms with Crippen LogP contribution in [0.4, 0.5) is 5.69 Å². The summed E-state index contributed by atoms with van der Waals surface area (Å²) in [6.07, 6.45) is 5.45. The van der Waals surface area contributed by atoms with Crippen LogP contribution in [0.3, 0.4) is 0 Å². The number of carbonyl (C=O) groups is 1. The van der Waals surface area contributed by atoms with Crippen LogP contribution in [0, 0.1) is 0 Å². The summed E-state index contributed by atoms with van der Waals surface area (Å²) < 4.78 is 25.0. The molecule has 138 valence electrons. The van der Waals surface area contributed by atoms with E-state index in [1.54, 1.807) is 18.2 Å². The van der Waals surface area contributed by atoms with Crippen LogP contribution in [0.2, 0.25) is 5.02 Å². The van der Waals surface area contributed by atoms with Crippen LogP contribution in [0.1, 0.15) is 25.7 Å². The molecule has 2 rings (SSSR count). The van der Waals surface area contributed by atoms with Crippen molar-refractivity contribution >= 4 is 50.5 Å². The third-order valence-electron chi connectivity index (χ3n) is 3.79. The summed E-state index contributed by atoms with van der Waals surface area (Å²) >= 11 is 11.0. The Labute approximate surface area is 158 Å². The second-order valence-electron chi connectivity index (χ2n) is 5.88. The first-order valence-electron chi connectivity index (χ1n) is 7.84. The van der Waals surface area contributed by atoms with Gasteiger partial charge < -0.3 is 5.32 Å². The second kappa shape index (κ2) is 8.68. The fourth-order valence-corrected chi connectivity index (χ4v) is 3.87. The van der Waals surface area contributed by atoms with E-state index < -0.39 is 22.5 Å². The topological polar surface area (TPSA) is 90.5 Å². The summed E-state index contributed by atoms with van der Waals surface area (Å²) in [5.74, 6) is -0.541. The number of carbonyl (C=O) groups excluding carboxylic acids is 1. The van der Waals surface area contributed by atoms with E-state index in [-0.39, 0.29) is 0 Å². The van der Waals surface area contributed by atoms with Crippen molar-refractivity contribution in [1.29, 1.82) is 0 Å². The Morgan fingerprint density at radius 3 is 2.60 bits per heavy atom. The number of anilines is 1. The number of hydrazine groups is 1. The highest BCUT2D eigenvalue weighted by atomic mass is 35.5. The Morgan fingerprint density at radius 2 is 2.00 bits per heavy atom. The van der Waals surface area contributed by atoms with Crippen molar-refractivity contribution in [3.05, 3.63) is 29.3 Å². The van der Waals surface area contributed by atoms with Crippen molar-refractivity contribution in [2.24, 2.45) is 0 Å². The zero-order valence-corrected chi connectivity index (χ0v) is 16.2. The van der Waals surface area contributed by atoms with Crippen LogP contribution in [0.15, 0.2) is 24.3 Å². The lowest BCUT2D eigenvalue weighted by Gasteiger charge is -2.22. The maximum absolute atomic E-state index is 12.1. The van der Waals surface area contributed by atoms with Crippen LogP contribution in [-0.2, 0) is 14.8 Å². The highest BCUT2D eigenvalue weighted by molar-refractivity contribution is 7.92. The summed E-state index contributed by atoms with van der Waals surface area (Å²) in [5, 5.41) is 3.81. The van der Waals surface area contributed by atoms with Crippen molar-refractivity contribution in [3.63, 3.8) is 0 Å². The average molecular weight is 405 g/mol. The molecule has 1 saturated carbocycles. The van der Waals surface area contributed by atoms with Gasteiger partial charge in [-0.1, -0.05) is 30.5 Å². The van der Waals surface area contributed by atoms with Gasteiger partial charge in [0.1, 0.15) is 6.54 Å². The first-order valence-corrected chi connectivity index (χ1v) is 10.5. The van der Waals surface area contributed by atoms with E-state index in [0.29, 0.717) is 21.9 Å². The van der Waals surface area contributed by atoms with Crippen LogP contribution in [0.25, 0.3) is 0 Å². The zero-order chi connectivity index (χ0) is 18.4. The third kappa shape index (κ3) is 6.33. The van der Waals surface area contributed by atoms with Gasteiger partial charge in [0.2, 0.25) is 10.0 Å². The molecule has 0 bridgehead atoms. The van der Waals surface area contributed by atoms with Crippen LogP contribution in [-0.4, -0.2) is 38.3 Å². The first-order chi connectivity index (χ1) is 11.8. The standard InChI is InChI=1S/C15H21ClN4O3S2/c1-25(22,23)20(13-8-4-5-11(16)9-13)10-14(21)18-19-15(24)17-12-6-2-3-7-12/h4-5,8-9,12H,2-3,6-7,10H2,1H3,(H,18,21)(H2,17,19,24). The lowest BCUT2D eigenvalue weighted by atomic mass is 10.3. The number of halogens is 1. The molecule has 0 aromatic heterocycles. The van der Waals surface area contributed by atoms with E-state index in [9.17, 15) is 13.2 Å². The van der Waals surface area contributed by atoms with Gasteiger partial charge in [-0.3, -0.25) is 20.0 Å². The number of thiocarbonyl (C=S) groups is 1. The zero-order valence-electron chi connectivity index (χ0n) is 13.8. The lowest BCUT2D eigenvalue weighted by Crippen LogP contribution is -2.52. The maximum atomic E-state index is 12.1. The second-order valence-corrected chi connectivity index (χ2v) is 8.63. The van der Waals surface area contributed by atoms with E-state index in [1.165, 1.54) is 6.07 Å². The molecule has 25 heavy (non-hydrogen) atoms. The van der Waals surface area contributed by atoms with Crippen molar-refractivity contribution in [2.45, 2.75) is 31.7 Å². The maximum Gasteiger partial charge on any atom is 0.259 e. The lowest BCUT2D eigenvalue weighted by molar-refractivity contribution is -0.120. The molecule has 0 atom stereocenters. The van der Waals surface area contributed by atoms with E-state index in [4.69, 9.17) is 23.8 Å². The quantitative estimate of drug-likeness (QED) is 0.509. The van der Waals surface area contributed by atoms with Gasteiger partial charge >= 0.3 is 0 Å². The molecule has 0 spiro atoms. The molecule has 1 aromatic carbocycles. The summed E-state index contributed by atoms with van der Waals surface area (Å²) in [7, 11) is -3.65. The molecule has 0 heterocycles. The van der Waals surface area contributed by atoms with E-state index in [2.05, 4.69) is 16.2 Å². The minimum atomic E-state index is -3.65. The molecule has 7 nitrogen and oxygen atoms in total. The largest absolute Gasteiger partial charge is 0.359 e. The van der Waals surface area contributed by atoms with E-state index in [0.717, 1.165) is 36.2 Å². The number of hydrogen-bond acceptors (Lipinski definition) is 4. The van der Waals surface area contributed by atoms with Crippen molar-refractivity contribution < 1.29 is 13.2 Å². The fraction of sp³-hybridized carbons (Fsp3) is 0.467. The van der Waals surface area contributed by atoms with Gasteiger partial charge in [-0.05, 0) is 43.3 Å². The molecule has 3 N–H and O–H groups in total. The van der Waals surface area contributed by atoms with Gasteiger partial charge in [-0.15, -0.1) is 0 Å². The summed E-state index contributed by atoms with van der Waals surface area (Å²) in [4.78, 5) is 12.1. The number of nitrogens with one attached hydrogen (secondary N) is 3. The molecule has 1 amide bonds. The smallest absolute Gasteiger partial charge is 0.259 e. The first kappa shape index (κ1) is 19.7. The summed E-state index contributed by atoms with van der Waals surface area (Å²) in [6.45, 7) is -0.391. The molecule has 1 aliphatic carbocycles. The molecule has 1 aromatic rings. The summed E-state index contributed by atoms with van der Waals surface area (Å²) in [6, 6.07) is 6.61. The normalized spacial score (nSPS) is 14.8. The Bertz CT molecular complexity index is 736. The Morgan fingerprint density at radius 1 is 1.32 bits per heavy atom. The van der Waals surface area contributed by atoms with Gasteiger partial charge in [0.15, 0.2) is 5.11 Å². The third-order valence-corrected chi connectivity index (χ3v) is 5.39. The Kier molecular flexibility index (Phi) is 6.86. The van der Waals surface area contributed by atoms with E-state index >= 15 is 0 Å². The number of amides is 1. The Balaban J connectivity index is 1.92. The van der Waals surface area contributed by atoms with Gasteiger partial charge in [-0.25, -0.2) is 8.42 Å². The summed E-state index contributed by atoms with van der Waals surface area (Å²) in [5.41, 5.74) is 5.33. The predicted molar refractivity (Wildman–Crippen MR) is 103 cm³/mol. The van der Waals surface area contributed by atoms with Crippen molar-refractivity contribution in [3.8, 4) is 0 Å². The molecular formula is C15H21ClN4O3S2. The SMILES string of the molecule is CS(=O)(=O)N(CC(=O)NNC(=S)NC1CCCC1)c1cccc(Cl)c1. The molecular weight excluding hydrogens is 384 g/mol. The highest BCUT2D eigenvalue weighted by Gasteiger charge is 2.21. The van der Waals surface area contributed by atoms with Crippen molar-refractivity contribution in [1.82, 2.24) is 16.2 Å². The minimum Gasteiger partial charge on any atom is -0.359 e. The molecule has 0 radical (unpaired) electrons. The number of benzene rings is 1. The fourth-order valence-electron chi connectivity index (χ4n) is 2.62. The molecule has 0 aliphatic heterocycles. The number of rotatable bonds is 5. The average Bonchev–Trinajstić information content (AvgIpc) is 3.02. The number of hydrogen-bond donors (Lipinski definition) is 3. The van der Waals surface area contributed by atoms with Crippen molar-refractivity contribution in [2.75, 3.05) is 17.1 Å². The predicted octanol–water partition coefficient (Wildman–Crippen LogP) is 1.54. The highest BCUT2D eigenvalue weighted by Crippen LogP contribution is 2.21. The monoisotopic (exact) mass is 404 g/mol. The Hall–Kier alpha value is -1.58. The number of sulfonamides is 1. The van der Waals surface area contributed by atoms with Crippen LogP contribution >= 0.6 is 23.8 Å². The minimum absolute atomic E-state index is 0.314. The molecule has 0 unspecified atom stereocenters. The molecule has 10 heteroatoms. The van der Waals surface area contributed by atoms with Gasteiger partial charge in [-0.2, -0.15) is 0 Å². The van der Waals surface area contributed by atoms with Gasteiger partial charge in [0.25, 0.3) is 5.91 Å². The van der Waals surface area contributed by atoms with Gasteiger partial charge in [0, 0.05) is 11.1 Å². The number of nitrogens with zero attached hydrogens (tertiary/aromatic N) is 1. The van der Waals surface area contributed by atoms with Crippen LogP contribution in [0.5, 0.6) is 0 Å². The van der Waals surface area contributed by atoms with Gasteiger partial charge in [0.05, 0.1) is 11.9 Å². The molecule has 1 aliphatic rings. The van der Waals surface area contributed by atoms with E-state index in [1.807, 2.05) is 0 Å².